The largest absolute Gasteiger partial charge is 0.394 e. The van der Waals surface area contributed by atoms with Gasteiger partial charge in [-0.05, 0) is 51.4 Å². The molecule has 0 saturated carbocycles. The van der Waals surface area contributed by atoms with Crippen molar-refractivity contribution in [1.29, 1.82) is 0 Å². The number of hydrogen-bond donors (Lipinski definition) is 9. The number of hydrogen-bond acceptors (Lipinski definition) is 13. The molecule has 0 aromatic heterocycles. The van der Waals surface area contributed by atoms with Crippen LogP contribution < -0.4 is 5.32 Å². The molecule has 0 radical (unpaired) electrons. The normalized spacial score (nSPS) is 24.8. The Labute approximate surface area is 473 Å². The number of rotatable bonds is 51. The van der Waals surface area contributed by atoms with Crippen LogP contribution in [0.3, 0.4) is 0 Å². The van der Waals surface area contributed by atoms with E-state index in [4.69, 9.17) is 18.9 Å². The van der Waals surface area contributed by atoms with Gasteiger partial charge in [-0.25, -0.2) is 0 Å². The predicted molar refractivity (Wildman–Crippen MR) is 314 cm³/mol. The number of carbonyl (C=O) groups is 1. The first-order valence-electron chi connectivity index (χ1n) is 31.9. The molecule has 2 saturated heterocycles. The molecule has 12 atom stereocenters. The van der Waals surface area contributed by atoms with E-state index in [2.05, 4.69) is 67.8 Å². The maximum Gasteiger partial charge on any atom is 0.220 e. The first kappa shape index (κ1) is 72.1. The minimum Gasteiger partial charge on any atom is -0.394 e. The van der Waals surface area contributed by atoms with Crippen LogP contribution in [0.25, 0.3) is 0 Å². The second-order valence-corrected chi connectivity index (χ2v) is 22.5. The molecule has 0 bridgehead atoms. The molecule has 0 spiro atoms. The smallest absolute Gasteiger partial charge is 0.220 e. The number of ether oxygens (including phenoxy) is 4. The Hall–Kier alpha value is -2.05. The average Bonchev–Trinajstić information content (AvgIpc) is 3.47. The van der Waals surface area contributed by atoms with E-state index in [1.807, 2.05) is 0 Å². The van der Waals surface area contributed by atoms with Gasteiger partial charge >= 0.3 is 0 Å². The van der Waals surface area contributed by atoms with Gasteiger partial charge in [-0.3, -0.25) is 4.79 Å². The molecule has 0 aromatic rings. The molecule has 78 heavy (non-hydrogen) atoms. The maximum atomic E-state index is 13.2. The molecule has 14 nitrogen and oxygen atoms in total. The SMILES string of the molecule is CC/C=C\C/C=C\C/C=C\C/C=C\CCCCCCCCCCCCCCCCCCCCCCCCCCC(=O)NC(COC1OC(CO)C(OC2OC(CO)C(O)C(O)C2O)C(O)C1O)C(O)CCCCCCCCC. The molecule has 12 unspecified atom stereocenters. The number of carbonyl (C=O) groups excluding carboxylic acids is 1. The standard InChI is InChI=1S/C64H117NO13/c1-3-5-7-9-11-12-13-14-15-16-17-18-19-20-21-22-23-24-25-26-27-28-29-30-31-32-33-34-35-36-37-38-39-40-42-44-46-48-56(69)65-52(53(68)47-45-43-41-10-8-6-4-2)51-75-63-61(74)59(72)62(55(50-67)77-63)78-64-60(73)58(71)57(70)54(49-66)76-64/h5,7,11-12,14-15,17-18,52-55,57-64,66-68,70-74H,3-4,6,8-10,13,16,19-51H2,1-2H3,(H,65,69)/b7-5-,12-11-,15-14-,18-17-. The summed E-state index contributed by atoms with van der Waals surface area (Å²) in [6, 6.07) is -0.824. The minimum absolute atomic E-state index is 0.208. The molecule has 14 heteroatoms. The van der Waals surface area contributed by atoms with Crippen molar-refractivity contribution in [2.75, 3.05) is 19.8 Å². The average molecular weight is 1110 g/mol. The minimum atomic E-state index is -1.78. The van der Waals surface area contributed by atoms with Gasteiger partial charge in [0.05, 0.1) is 32.0 Å². The lowest BCUT2D eigenvalue weighted by Crippen LogP contribution is -2.65. The molecular formula is C64H117NO13. The van der Waals surface area contributed by atoms with Gasteiger partial charge in [-0.2, -0.15) is 0 Å². The number of nitrogens with one attached hydrogen (secondary N) is 1. The van der Waals surface area contributed by atoms with Crippen LogP contribution in [0, 0.1) is 0 Å². The van der Waals surface area contributed by atoms with Crippen LogP contribution in [-0.2, 0) is 23.7 Å². The lowest BCUT2D eigenvalue weighted by Gasteiger charge is -2.46. The zero-order valence-corrected chi connectivity index (χ0v) is 49.2. The highest BCUT2D eigenvalue weighted by atomic mass is 16.7. The zero-order valence-electron chi connectivity index (χ0n) is 49.2. The van der Waals surface area contributed by atoms with Crippen molar-refractivity contribution in [3.05, 3.63) is 48.6 Å². The number of allylic oxidation sites excluding steroid dienone is 8. The monoisotopic (exact) mass is 1110 g/mol. The van der Waals surface area contributed by atoms with E-state index >= 15 is 0 Å². The van der Waals surface area contributed by atoms with E-state index in [0.717, 1.165) is 77.0 Å². The molecular weight excluding hydrogens is 991 g/mol. The first-order chi connectivity index (χ1) is 38.1. The lowest BCUT2D eigenvalue weighted by molar-refractivity contribution is -0.359. The van der Waals surface area contributed by atoms with Gasteiger partial charge in [0.1, 0.15) is 48.8 Å². The summed E-state index contributed by atoms with van der Waals surface area (Å²) in [4.78, 5) is 13.2. The van der Waals surface area contributed by atoms with Crippen molar-refractivity contribution in [2.24, 2.45) is 0 Å². The fraction of sp³-hybridized carbons (Fsp3) is 0.859. The third-order valence-electron chi connectivity index (χ3n) is 15.6. The van der Waals surface area contributed by atoms with E-state index < -0.39 is 86.8 Å². The second-order valence-electron chi connectivity index (χ2n) is 22.5. The van der Waals surface area contributed by atoms with Gasteiger partial charge < -0.3 is 65.1 Å². The second kappa shape index (κ2) is 49.5. The van der Waals surface area contributed by atoms with Crippen LogP contribution in [0.2, 0.25) is 0 Å². The van der Waals surface area contributed by atoms with Crippen molar-refractivity contribution in [3.8, 4) is 0 Å². The first-order valence-corrected chi connectivity index (χ1v) is 31.9. The maximum absolute atomic E-state index is 13.2. The van der Waals surface area contributed by atoms with E-state index in [1.54, 1.807) is 0 Å². The summed E-state index contributed by atoms with van der Waals surface area (Å²) in [7, 11) is 0. The summed E-state index contributed by atoms with van der Waals surface area (Å²) >= 11 is 0. The van der Waals surface area contributed by atoms with Gasteiger partial charge in [-0.1, -0.05) is 249 Å². The Morgan fingerprint density at radius 3 is 1.36 bits per heavy atom. The third-order valence-corrected chi connectivity index (χ3v) is 15.6. The zero-order chi connectivity index (χ0) is 56.7. The topological polar surface area (TPSA) is 228 Å². The van der Waals surface area contributed by atoms with Crippen molar-refractivity contribution in [3.63, 3.8) is 0 Å². The number of aliphatic hydroxyl groups is 8. The van der Waals surface area contributed by atoms with Crippen LogP contribution in [0.1, 0.15) is 258 Å². The van der Waals surface area contributed by atoms with E-state index in [1.165, 1.54) is 154 Å². The predicted octanol–water partition coefficient (Wildman–Crippen LogP) is 11.6. The summed E-state index contributed by atoms with van der Waals surface area (Å²) in [5, 5.41) is 86.8. The molecule has 2 heterocycles. The van der Waals surface area contributed by atoms with Crippen LogP contribution in [0.15, 0.2) is 48.6 Å². The van der Waals surface area contributed by atoms with Crippen molar-refractivity contribution >= 4 is 5.91 Å². The summed E-state index contributed by atoms with van der Waals surface area (Å²) in [5.74, 6) is -0.208. The fourth-order valence-corrected chi connectivity index (χ4v) is 10.5. The van der Waals surface area contributed by atoms with Gasteiger partial charge in [-0.15, -0.1) is 0 Å². The van der Waals surface area contributed by atoms with Crippen molar-refractivity contribution in [2.45, 2.75) is 331 Å². The Morgan fingerprint density at radius 1 is 0.474 bits per heavy atom. The van der Waals surface area contributed by atoms with Crippen LogP contribution >= 0.6 is 0 Å². The van der Waals surface area contributed by atoms with Crippen molar-refractivity contribution < 1.29 is 64.6 Å². The quantitative estimate of drug-likeness (QED) is 0.0204. The Kier molecular flexibility index (Phi) is 45.8. The van der Waals surface area contributed by atoms with E-state index in [0.29, 0.717) is 12.8 Å². The molecule has 2 fully saturated rings. The summed E-state index contributed by atoms with van der Waals surface area (Å²) in [6.07, 6.45) is 46.2. The summed E-state index contributed by atoms with van der Waals surface area (Å²) in [6.45, 7) is 2.70. The molecule has 2 aliphatic rings. The number of unbranched alkanes of at least 4 members (excludes halogenated alkanes) is 30. The van der Waals surface area contributed by atoms with Gasteiger partial charge in [0, 0.05) is 6.42 Å². The highest BCUT2D eigenvalue weighted by molar-refractivity contribution is 5.76. The Morgan fingerprint density at radius 2 is 0.885 bits per heavy atom. The molecule has 1 amide bonds. The Balaban J connectivity index is 1.51. The van der Waals surface area contributed by atoms with Gasteiger partial charge in [0.25, 0.3) is 0 Å². The molecule has 9 N–H and O–H groups in total. The molecule has 456 valence electrons. The Bertz CT molecular complexity index is 1490. The van der Waals surface area contributed by atoms with Crippen LogP contribution in [0.5, 0.6) is 0 Å². The van der Waals surface area contributed by atoms with Crippen molar-refractivity contribution in [1.82, 2.24) is 5.32 Å². The fourth-order valence-electron chi connectivity index (χ4n) is 10.5. The molecule has 0 aromatic carbocycles. The number of aliphatic hydroxyl groups excluding tert-OH is 8. The third kappa shape index (κ3) is 34.4. The summed E-state index contributed by atoms with van der Waals surface area (Å²) in [5.41, 5.74) is 0. The molecule has 2 aliphatic heterocycles. The molecule has 2 rings (SSSR count). The highest BCUT2D eigenvalue weighted by Crippen LogP contribution is 2.30. The van der Waals surface area contributed by atoms with E-state index in [-0.39, 0.29) is 12.5 Å². The number of amides is 1. The van der Waals surface area contributed by atoms with E-state index in [9.17, 15) is 45.6 Å². The lowest BCUT2D eigenvalue weighted by atomic mass is 9.97. The van der Waals surface area contributed by atoms with Crippen LogP contribution in [-0.4, -0.2) is 140 Å². The molecule has 0 aliphatic carbocycles. The highest BCUT2D eigenvalue weighted by Gasteiger charge is 2.51. The van der Waals surface area contributed by atoms with Gasteiger partial charge in [0.2, 0.25) is 5.91 Å². The van der Waals surface area contributed by atoms with Crippen LogP contribution in [0.4, 0.5) is 0 Å². The summed E-state index contributed by atoms with van der Waals surface area (Å²) < 4.78 is 22.7. The van der Waals surface area contributed by atoms with Gasteiger partial charge in [0.15, 0.2) is 12.6 Å².